The maximum Gasteiger partial charge on any atom is 0.254 e. The molecule has 0 unspecified atom stereocenters. The molecule has 0 radical (unpaired) electrons. The third-order valence-electron chi connectivity index (χ3n) is 5.83. The monoisotopic (exact) mass is 408 g/mol. The fourth-order valence-corrected chi connectivity index (χ4v) is 4.30. The molecular formula is C24H28N2O4. The van der Waals surface area contributed by atoms with Gasteiger partial charge in [0.1, 0.15) is 12.2 Å². The molecule has 158 valence electrons. The molecule has 6 nitrogen and oxygen atoms in total. The van der Waals surface area contributed by atoms with Crippen molar-refractivity contribution >= 4 is 17.5 Å². The van der Waals surface area contributed by atoms with Gasteiger partial charge in [-0.3, -0.25) is 9.59 Å². The Balaban J connectivity index is 1.51. The van der Waals surface area contributed by atoms with E-state index in [1.54, 1.807) is 24.3 Å². The summed E-state index contributed by atoms with van der Waals surface area (Å²) in [5, 5.41) is 2.88. The first-order chi connectivity index (χ1) is 14.5. The number of morpholine rings is 1. The van der Waals surface area contributed by atoms with Crippen LogP contribution in [0.1, 0.15) is 48.7 Å². The van der Waals surface area contributed by atoms with Crippen LogP contribution in [0.3, 0.4) is 0 Å². The molecule has 2 aromatic carbocycles. The fraction of sp³-hybridized carbons (Fsp3) is 0.417. The number of ether oxygens (including phenoxy) is 2. The minimum atomic E-state index is -0.407. The zero-order valence-corrected chi connectivity index (χ0v) is 17.4. The Morgan fingerprint density at radius 3 is 2.57 bits per heavy atom. The van der Waals surface area contributed by atoms with Gasteiger partial charge in [-0.05, 0) is 50.5 Å². The van der Waals surface area contributed by atoms with E-state index in [0.29, 0.717) is 24.5 Å². The molecule has 2 heterocycles. The highest BCUT2D eigenvalue weighted by molar-refractivity contribution is 5.98. The Bertz CT molecular complexity index is 895. The summed E-state index contributed by atoms with van der Waals surface area (Å²) in [6.45, 7) is 5.12. The third-order valence-corrected chi connectivity index (χ3v) is 5.83. The smallest absolute Gasteiger partial charge is 0.254 e. The fourth-order valence-electron chi connectivity index (χ4n) is 4.30. The van der Waals surface area contributed by atoms with Crippen LogP contribution in [0, 0.1) is 0 Å². The predicted molar refractivity (Wildman–Crippen MR) is 114 cm³/mol. The molecule has 2 aliphatic heterocycles. The van der Waals surface area contributed by atoms with Crippen LogP contribution in [0.4, 0.5) is 5.69 Å². The summed E-state index contributed by atoms with van der Waals surface area (Å²) in [5.41, 5.74) is 2.22. The Hall–Kier alpha value is -2.70. The molecule has 4 atom stereocenters. The summed E-state index contributed by atoms with van der Waals surface area (Å²) in [5.74, 6) is -0.221. The average Bonchev–Trinajstić information content (AvgIpc) is 3.30. The minimum absolute atomic E-state index is 0.0439. The number of rotatable bonds is 4. The zero-order chi connectivity index (χ0) is 21.1. The molecule has 2 aromatic rings. The van der Waals surface area contributed by atoms with E-state index in [1.807, 2.05) is 49.1 Å². The van der Waals surface area contributed by atoms with Gasteiger partial charge in [0.05, 0.1) is 18.7 Å². The van der Waals surface area contributed by atoms with Crippen molar-refractivity contribution in [2.45, 2.75) is 51.0 Å². The van der Waals surface area contributed by atoms with E-state index in [4.69, 9.17) is 9.47 Å². The lowest BCUT2D eigenvalue weighted by atomic mass is 9.97. The number of benzene rings is 2. The van der Waals surface area contributed by atoms with Crippen LogP contribution < -0.4 is 5.32 Å². The number of amides is 2. The van der Waals surface area contributed by atoms with Gasteiger partial charge in [-0.15, -0.1) is 0 Å². The van der Waals surface area contributed by atoms with Gasteiger partial charge in [-0.2, -0.15) is 0 Å². The maximum atomic E-state index is 13.4. The summed E-state index contributed by atoms with van der Waals surface area (Å²) < 4.78 is 11.5. The van der Waals surface area contributed by atoms with Crippen molar-refractivity contribution in [1.82, 2.24) is 4.90 Å². The highest BCUT2D eigenvalue weighted by atomic mass is 16.5. The zero-order valence-electron chi connectivity index (χ0n) is 17.4. The van der Waals surface area contributed by atoms with Gasteiger partial charge < -0.3 is 19.7 Å². The van der Waals surface area contributed by atoms with Crippen LogP contribution in [0.25, 0.3) is 0 Å². The topological polar surface area (TPSA) is 67.9 Å². The summed E-state index contributed by atoms with van der Waals surface area (Å²) in [4.78, 5) is 27.7. The third kappa shape index (κ3) is 4.25. The van der Waals surface area contributed by atoms with Crippen LogP contribution in [0.2, 0.25) is 0 Å². The second kappa shape index (κ2) is 8.98. The molecule has 0 saturated carbocycles. The Morgan fingerprint density at radius 1 is 1.03 bits per heavy atom. The second-order valence-corrected chi connectivity index (χ2v) is 8.04. The number of hydrogen-bond donors (Lipinski definition) is 1. The quantitative estimate of drug-likeness (QED) is 0.836. The molecule has 2 aliphatic rings. The van der Waals surface area contributed by atoms with Crippen molar-refractivity contribution in [3.05, 3.63) is 65.7 Å². The number of anilines is 1. The van der Waals surface area contributed by atoms with Gasteiger partial charge >= 0.3 is 0 Å². The summed E-state index contributed by atoms with van der Waals surface area (Å²) in [6, 6.07) is 16.9. The first-order valence-corrected chi connectivity index (χ1v) is 10.6. The van der Waals surface area contributed by atoms with E-state index in [-0.39, 0.29) is 30.0 Å². The van der Waals surface area contributed by atoms with E-state index in [2.05, 4.69) is 5.32 Å². The largest absolute Gasteiger partial charge is 0.369 e. The Morgan fingerprint density at radius 2 is 1.83 bits per heavy atom. The van der Waals surface area contributed by atoms with E-state index >= 15 is 0 Å². The molecular weight excluding hydrogens is 380 g/mol. The summed E-state index contributed by atoms with van der Waals surface area (Å²) in [6.07, 6.45) is 1.05. The van der Waals surface area contributed by atoms with Gasteiger partial charge in [0.25, 0.3) is 11.8 Å². The summed E-state index contributed by atoms with van der Waals surface area (Å²) in [7, 11) is 0. The Labute approximate surface area is 177 Å². The number of carbonyl (C=O) groups excluding carboxylic acids is 2. The van der Waals surface area contributed by atoms with Crippen molar-refractivity contribution in [2.75, 3.05) is 18.5 Å². The SMILES string of the molecule is C[C@@H]1CO[C@H](c2ccccc2)[C@@H](C)N1C(=O)c1cccc(NC(=O)[C@H]2CCCO2)c1. The van der Waals surface area contributed by atoms with Crippen molar-refractivity contribution in [1.29, 1.82) is 0 Å². The number of hydrogen-bond acceptors (Lipinski definition) is 4. The molecule has 2 amide bonds. The van der Waals surface area contributed by atoms with E-state index in [1.165, 1.54) is 0 Å². The van der Waals surface area contributed by atoms with E-state index in [0.717, 1.165) is 18.4 Å². The van der Waals surface area contributed by atoms with E-state index < -0.39 is 6.10 Å². The van der Waals surface area contributed by atoms with Gasteiger partial charge in [0, 0.05) is 17.9 Å². The number of nitrogens with zero attached hydrogens (tertiary/aromatic N) is 1. The number of nitrogens with one attached hydrogen (secondary N) is 1. The average molecular weight is 408 g/mol. The maximum absolute atomic E-state index is 13.4. The lowest BCUT2D eigenvalue weighted by molar-refractivity contribution is -0.124. The van der Waals surface area contributed by atoms with Gasteiger partial charge in [-0.25, -0.2) is 0 Å². The number of carbonyl (C=O) groups is 2. The second-order valence-electron chi connectivity index (χ2n) is 8.04. The first kappa shape index (κ1) is 20.6. The standard InChI is InChI=1S/C24H28N2O4/c1-16-15-30-22(18-8-4-3-5-9-18)17(2)26(16)24(28)19-10-6-11-20(14-19)25-23(27)21-12-7-13-29-21/h3-6,8-11,14,16-17,21-22H,7,12-13,15H2,1-2H3,(H,25,27)/t16-,17-,21-,22+/m1/s1. The lowest BCUT2D eigenvalue weighted by Gasteiger charge is -2.44. The van der Waals surface area contributed by atoms with Crippen LogP contribution in [-0.4, -0.2) is 48.1 Å². The van der Waals surface area contributed by atoms with Crippen LogP contribution in [0.5, 0.6) is 0 Å². The molecule has 0 bridgehead atoms. The Kier molecular flexibility index (Phi) is 6.16. The molecule has 4 rings (SSSR count). The van der Waals surface area contributed by atoms with Crippen molar-refractivity contribution < 1.29 is 19.1 Å². The summed E-state index contributed by atoms with van der Waals surface area (Å²) >= 11 is 0. The van der Waals surface area contributed by atoms with Gasteiger partial charge in [0.15, 0.2) is 0 Å². The predicted octanol–water partition coefficient (Wildman–Crippen LogP) is 3.79. The van der Waals surface area contributed by atoms with E-state index in [9.17, 15) is 9.59 Å². The molecule has 2 fully saturated rings. The minimum Gasteiger partial charge on any atom is -0.369 e. The molecule has 2 saturated heterocycles. The molecule has 0 aromatic heterocycles. The molecule has 30 heavy (non-hydrogen) atoms. The molecule has 0 aliphatic carbocycles. The lowest BCUT2D eigenvalue weighted by Crippen LogP contribution is -2.53. The van der Waals surface area contributed by atoms with Crippen LogP contribution in [0.15, 0.2) is 54.6 Å². The first-order valence-electron chi connectivity index (χ1n) is 10.6. The van der Waals surface area contributed by atoms with Crippen LogP contribution >= 0.6 is 0 Å². The molecule has 0 spiro atoms. The highest BCUT2D eigenvalue weighted by Crippen LogP contribution is 2.32. The highest BCUT2D eigenvalue weighted by Gasteiger charge is 2.37. The normalized spacial score (nSPS) is 26.4. The van der Waals surface area contributed by atoms with Gasteiger partial charge in [0.2, 0.25) is 0 Å². The molecule has 6 heteroatoms. The van der Waals surface area contributed by atoms with Crippen molar-refractivity contribution in [3.63, 3.8) is 0 Å². The van der Waals surface area contributed by atoms with Crippen molar-refractivity contribution in [2.24, 2.45) is 0 Å². The van der Waals surface area contributed by atoms with Gasteiger partial charge in [-0.1, -0.05) is 36.4 Å². The van der Waals surface area contributed by atoms with Crippen LogP contribution in [-0.2, 0) is 14.3 Å². The van der Waals surface area contributed by atoms with Crippen molar-refractivity contribution in [3.8, 4) is 0 Å². The molecule has 1 N–H and O–H groups in total.